The summed E-state index contributed by atoms with van der Waals surface area (Å²) < 4.78 is 0. The van der Waals surface area contributed by atoms with Gasteiger partial charge in [-0.3, -0.25) is 0 Å². The van der Waals surface area contributed by atoms with E-state index in [4.69, 9.17) is 0 Å². The van der Waals surface area contributed by atoms with Gasteiger partial charge in [0.25, 0.3) is 0 Å². The van der Waals surface area contributed by atoms with Crippen molar-refractivity contribution in [3.63, 3.8) is 0 Å². The van der Waals surface area contributed by atoms with Crippen molar-refractivity contribution in [3.8, 4) is 10.4 Å². The maximum absolute atomic E-state index is 3.37. The summed E-state index contributed by atoms with van der Waals surface area (Å²) in [6, 6.07) is 13.8. The summed E-state index contributed by atoms with van der Waals surface area (Å²) in [5.41, 5.74) is 2.75. The average Bonchev–Trinajstić information content (AvgIpc) is 2.90. The first-order valence-electron chi connectivity index (χ1n) is 6.64. The van der Waals surface area contributed by atoms with Crippen molar-refractivity contribution in [2.45, 2.75) is 32.7 Å². The SMILES string of the molecule is CCc1cccc(-c2ccc(C(CC)NC)s2)c1. The van der Waals surface area contributed by atoms with Gasteiger partial charge in [-0.1, -0.05) is 38.1 Å². The van der Waals surface area contributed by atoms with Crippen LogP contribution in [0.4, 0.5) is 0 Å². The fraction of sp³-hybridized carbons (Fsp3) is 0.375. The van der Waals surface area contributed by atoms with Gasteiger partial charge < -0.3 is 5.32 Å². The van der Waals surface area contributed by atoms with Crippen molar-refractivity contribution in [1.29, 1.82) is 0 Å². The minimum absolute atomic E-state index is 0.484. The molecule has 0 aliphatic heterocycles. The quantitative estimate of drug-likeness (QED) is 0.824. The molecule has 1 N–H and O–H groups in total. The smallest absolute Gasteiger partial charge is 0.0409 e. The van der Waals surface area contributed by atoms with Crippen LogP contribution in [0.3, 0.4) is 0 Å². The molecule has 0 aliphatic carbocycles. The third kappa shape index (κ3) is 2.82. The Kier molecular flexibility index (Phi) is 4.56. The molecule has 1 nitrogen and oxygen atoms in total. The van der Waals surface area contributed by atoms with E-state index < -0.39 is 0 Å². The molecule has 0 radical (unpaired) electrons. The summed E-state index contributed by atoms with van der Waals surface area (Å²) in [6.45, 7) is 4.42. The maximum atomic E-state index is 3.37. The second-order valence-electron chi connectivity index (χ2n) is 4.51. The predicted molar refractivity (Wildman–Crippen MR) is 81.2 cm³/mol. The molecule has 96 valence electrons. The minimum atomic E-state index is 0.484. The van der Waals surface area contributed by atoms with Gasteiger partial charge in [0.1, 0.15) is 0 Å². The highest BCUT2D eigenvalue weighted by atomic mass is 32.1. The van der Waals surface area contributed by atoms with Crippen LogP contribution in [0.5, 0.6) is 0 Å². The van der Waals surface area contributed by atoms with E-state index in [0.29, 0.717) is 6.04 Å². The topological polar surface area (TPSA) is 12.0 Å². The molecule has 0 saturated heterocycles. The van der Waals surface area contributed by atoms with Gasteiger partial charge in [0.2, 0.25) is 0 Å². The Labute approximate surface area is 114 Å². The second-order valence-corrected chi connectivity index (χ2v) is 5.62. The summed E-state index contributed by atoms with van der Waals surface area (Å²) in [4.78, 5) is 2.80. The van der Waals surface area contributed by atoms with Crippen LogP contribution in [0, 0.1) is 0 Å². The molecule has 18 heavy (non-hydrogen) atoms. The van der Waals surface area contributed by atoms with E-state index in [-0.39, 0.29) is 0 Å². The maximum Gasteiger partial charge on any atom is 0.0409 e. The first-order valence-corrected chi connectivity index (χ1v) is 7.46. The van der Waals surface area contributed by atoms with Crippen LogP contribution in [-0.4, -0.2) is 7.05 Å². The van der Waals surface area contributed by atoms with Gasteiger partial charge >= 0.3 is 0 Å². The van der Waals surface area contributed by atoms with Crippen LogP contribution >= 0.6 is 11.3 Å². The number of nitrogens with one attached hydrogen (secondary N) is 1. The zero-order valence-corrected chi connectivity index (χ0v) is 12.2. The summed E-state index contributed by atoms with van der Waals surface area (Å²) >= 11 is 1.90. The van der Waals surface area contributed by atoms with E-state index >= 15 is 0 Å². The Morgan fingerprint density at radius 1 is 1.17 bits per heavy atom. The number of rotatable bonds is 5. The highest BCUT2D eigenvalue weighted by Gasteiger charge is 2.10. The summed E-state index contributed by atoms with van der Waals surface area (Å²) in [5, 5.41) is 3.37. The van der Waals surface area contributed by atoms with Gasteiger partial charge in [0.15, 0.2) is 0 Å². The third-order valence-electron chi connectivity index (χ3n) is 3.35. The molecule has 1 unspecified atom stereocenters. The Morgan fingerprint density at radius 3 is 2.67 bits per heavy atom. The Bertz CT molecular complexity index is 497. The van der Waals surface area contributed by atoms with Crippen molar-refractivity contribution in [2.75, 3.05) is 7.05 Å². The first-order chi connectivity index (χ1) is 8.78. The highest BCUT2D eigenvalue weighted by Crippen LogP contribution is 2.32. The van der Waals surface area contributed by atoms with Gasteiger partial charge in [-0.2, -0.15) is 0 Å². The molecule has 0 bridgehead atoms. The van der Waals surface area contributed by atoms with Crippen molar-refractivity contribution >= 4 is 11.3 Å². The first kappa shape index (κ1) is 13.3. The fourth-order valence-corrected chi connectivity index (χ4v) is 3.39. The van der Waals surface area contributed by atoms with Crippen LogP contribution in [0.15, 0.2) is 36.4 Å². The van der Waals surface area contributed by atoms with E-state index in [0.717, 1.165) is 12.8 Å². The molecule has 1 aromatic heterocycles. The molecule has 2 aromatic rings. The number of thiophene rings is 1. The van der Waals surface area contributed by atoms with Crippen molar-refractivity contribution in [2.24, 2.45) is 0 Å². The van der Waals surface area contributed by atoms with Crippen LogP contribution in [0.25, 0.3) is 10.4 Å². The summed E-state index contributed by atoms with van der Waals surface area (Å²) in [5.74, 6) is 0. The molecule has 2 heteroatoms. The molecule has 1 atom stereocenters. The van der Waals surface area contributed by atoms with Crippen LogP contribution in [0.2, 0.25) is 0 Å². The number of benzene rings is 1. The molecule has 0 saturated carbocycles. The standard InChI is InChI=1S/C16H21NS/c1-4-12-7-6-8-13(11-12)15-9-10-16(18-15)14(5-2)17-3/h6-11,14,17H,4-5H2,1-3H3. The van der Waals surface area contributed by atoms with Crippen LogP contribution in [0.1, 0.15) is 36.8 Å². The largest absolute Gasteiger partial charge is 0.312 e. The molecular formula is C16H21NS. The van der Waals surface area contributed by atoms with Gasteiger partial charge in [-0.15, -0.1) is 11.3 Å². The van der Waals surface area contributed by atoms with Crippen molar-refractivity contribution in [1.82, 2.24) is 5.32 Å². The summed E-state index contributed by atoms with van der Waals surface area (Å²) in [6.07, 6.45) is 2.23. The van der Waals surface area contributed by atoms with Crippen LogP contribution in [-0.2, 0) is 6.42 Å². The predicted octanol–water partition coefficient (Wildman–Crippen LogP) is 4.65. The van der Waals surface area contributed by atoms with E-state index in [9.17, 15) is 0 Å². The number of aryl methyl sites for hydroxylation is 1. The van der Waals surface area contributed by atoms with Gasteiger partial charge in [-0.05, 0) is 43.1 Å². The molecule has 0 spiro atoms. The van der Waals surface area contributed by atoms with Crippen molar-refractivity contribution in [3.05, 3.63) is 46.8 Å². The van der Waals surface area contributed by atoms with E-state index in [1.165, 1.54) is 20.9 Å². The van der Waals surface area contributed by atoms with Gasteiger partial charge in [0, 0.05) is 15.8 Å². The Hall–Kier alpha value is -1.12. The summed E-state index contributed by atoms with van der Waals surface area (Å²) in [7, 11) is 2.03. The number of hydrogen-bond donors (Lipinski definition) is 1. The lowest BCUT2D eigenvalue weighted by Crippen LogP contribution is -2.13. The normalized spacial score (nSPS) is 12.6. The zero-order valence-electron chi connectivity index (χ0n) is 11.4. The van der Waals surface area contributed by atoms with Crippen molar-refractivity contribution < 1.29 is 0 Å². The second kappa shape index (κ2) is 6.17. The Balaban J connectivity index is 2.28. The monoisotopic (exact) mass is 259 g/mol. The minimum Gasteiger partial charge on any atom is -0.312 e. The van der Waals surface area contributed by atoms with E-state index in [2.05, 4.69) is 55.6 Å². The van der Waals surface area contributed by atoms with Gasteiger partial charge in [0.05, 0.1) is 0 Å². The molecule has 1 aromatic carbocycles. The lowest BCUT2D eigenvalue weighted by Gasteiger charge is -2.10. The molecule has 0 aliphatic rings. The zero-order chi connectivity index (χ0) is 13.0. The number of hydrogen-bond acceptors (Lipinski definition) is 2. The molecule has 2 rings (SSSR count). The lowest BCUT2D eigenvalue weighted by atomic mass is 10.1. The third-order valence-corrected chi connectivity index (χ3v) is 4.59. The molecule has 0 fully saturated rings. The lowest BCUT2D eigenvalue weighted by molar-refractivity contribution is 0.586. The van der Waals surface area contributed by atoms with Gasteiger partial charge in [-0.25, -0.2) is 0 Å². The fourth-order valence-electron chi connectivity index (χ4n) is 2.19. The van der Waals surface area contributed by atoms with Crippen LogP contribution < -0.4 is 5.32 Å². The molecular weight excluding hydrogens is 238 g/mol. The molecule has 1 heterocycles. The average molecular weight is 259 g/mol. The highest BCUT2D eigenvalue weighted by molar-refractivity contribution is 7.15. The van der Waals surface area contributed by atoms with E-state index in [1.807, 2.05) is 18.4 Å². The Morgan fingerprint density at radius 2 is 2.00 bits per heavy atom. The molecule has 0 amide bonds. The van der Waals surface area contributed by atoms with E-state index in [1.54, 1.807) is 0 Å².